The van der Waals surface area contributed by atoms with E-state index in [-0.39, 0.29) is 12.5 Å². The van der Waals surface area contributed by atoms with Crippen molar-refractivity contribution in [3.05, 3.63) is 59.0 Å². The molecule has 136 valence electrons. The van der Waals surface area contributed by atoms with Crippen molar-refractivity contribution in [1.82, 2.24) is 0 Å². The lowest BCUT2D eigenvalue weighted by Crippen LogP contribution is -2.44. The molecule has 0 spiro atoms. The molecule has 2 amide bonds. The van der Waals surface area contributed by atoms with Crippen molar-refractivity contribution < 1.29 is 19.1 Å². The maximum absolute atomic E-state index is 12.6. The number of nitrogens with zero attached hydrogens (tertiary/aromatic N) is 1. The Kier molecular flexibility index (Phi) is 4.37. The summed E-state index contributed by atoms with van der Waals surface area (Å²) in [4.78, 5) is 38.7. The van der Waals surface area contributed by atoms with E-state index in [9.17, 15) is 14.4 Å². The van der Waals surface area contributed by atoms with Crippen LogP contribution in [0.3, 0.4) is 0 Å². The van der Waals surface area contributed by atoms with Gasteiger partial charge in [0.2, 0.25) is 5.91 Å². The number of carbonyl (C=O) groups is 3. The summed E-state index contributed by atoms with van der Waals surface area (Å²) in [6.07, 6.45) is 0. The van der Waals surface area contributed by atoms with E-state index in [2.05, 4.69) is 5.32 Å². The summed E-state index contributed by atoms with van der Waals surface area (Å²) in [6.45, 7) is 1.34. The number of anilines is 2. The van der Waals surface area contributed by atoms with Crippen LogP contribution < -0.4 is 10.2 Å². The van der Waals surface area contributed by atoms with Crippen LogP contribution in [0.5, 0.6) is 0 Å². The Hall–Kier alpha value is -3.19. The van der Waals surface area contributed by atoms with Crippen LogP contribution in [0.2, 0.25) is 0 Å². The lowest BCUT2D eigenvalue weighted by molar-refractivity contribution is -0.124. The second kappa shape index (κ2) is 6.85. The van der Waals surface area contributed by atoms with E-state index in [4.69, 9.17) is 4.74 Å². The molecular weight excluding hydrogens is 364 g/mol. The Labute approximate surface area is 159 Å². The van der Waals surface area contributed by atoms with E-state index in [1.165, 1.54) is 16.2 Å². The lowest BCUT2D eigenvalue weighted by atomic mass is 10.1. The highest BCUT2D eigenvalue weighted by molar-refractivity contribution is 7.21. The van der Waals surface area contributed by atoms with E-state index in [1.54, 1.807) is 24.3 Å². The largest absolute Gasteiger partial charge is 0.451 e. The molecule has 6 nitrogen and oxygen atoms in total. The van der Waals surface area contributed by atoms with E-state index in [0.717, 1.165) is 15.6 Å². The van der Waals surface area contributed by atoms with E-state index in [0.29, 0.717) is 16.3 Å². The molecule has 0 unspecified atom stereocenters. The molecule has 27 heavy (non-hydrogen) atoms. The van der Waals surface area contributed by atoms with Gasteiger partial charge in [0.1, 0.15) is 11.4 Å². The smallest absolute Gasteiger partial charge is 0.349 e. The van der Waals surface area contributed by atoms with Crippen LogP contribution in [-0.2, 0) is 14.3 Å². The summed E-state index contributed by atoms with van der Waals surface area (Å²) in [6, 6.07) is 14.7. The number of ether oxygens (including phenoxy) is 1. The molecule has 4 rings (SSSR count). The third-order valence-corrected chi connectivity index (χ3v) is 5.68. The molecule has 1 aromatic heterocycles. The number of carbonyl (C=O) groups excluding carboxylic acids is 3. The molecule has 1 aliphatic heterocycles. The van der Waals surface area contributed by atoms with Crippen molar-refractivity contribution in [2.24, 2.45) is 0 Å². The second-order valence-electron chi connectivity index (χ2n) is 6.17. The van der Waals surface area contributed by atoms with Crippen molar-refractivity contribution in [2.75, 3.05) is 23.4 Å². The van der Waals surface area contributed by atoms with Gasteiger partial charge in [0.05, 0.1) is 11.4 Å². The number of nitrogens with one attached hydrogen (secondary N) is 1. The summed E-state index contributed by atoms with van der Waals surface area (Å²) in [5.74, 6) is -1.25. The number of hydrogen-bond acceptors (Lipinski definition) is 5. The molecular formula is C20H16N2O4S. The van der Waals surface area contributed by atoms with Gasteiger partial charge in [-0.25, -0.2) is 4.79 Å². The van der Waals surface area contributed by atoms with Crippen molar-refractivity contribution in [3.8, 4) is 0 Å². The highest BCUT2D eigenvalue weighted by Crippen LogP contribution is 2.31. The molecule has 7 heteroatoms. The zero-order valence-electron chi connectivity index (χ0n) is 14.5. The van der Waals surface area contributed by atoms with Gasteiger partial charge in [0, 0.05) is 4.70 Å². The molecule has 0 bridgehead atoms. The summed E-state index contributed by atoms with van der Waals surface area (Å²) >= 11 is 1.34. The fraction of sp³-hybridized carbons (Fsp3) is 0.150. The van der Waals surface area contributed by atoms with Crippen molar-refractivity contribution >= 4 is 50.6 Å². The molecule has 1 N–H and O–H groups in total. The predicted octanol–water partition coefficient (Wildman–Crippen LogP) is 3.35. The van der Waals surface area contributed by atoms with Gasteiger partial charge in [-0.2, -0.15) is 0 Å². The first-order valence-corrected chi connectivity index (χ1v) is 9.21. The Balaban J connectivity index is 1.50. The second-order valence-corrected chi connectivity index (χ2v) is 7.23. The topological polar surface area (TPSA) is 75.7 Å². The molecule has 0 atom stereocenters. The quantitative estimate of drug-likeness (QED) is 0.707. The van der Waals surface area contributed by atoms with E-state index >= 15 is 0 Å². The number of thiophene rings is 1. The van der Waals surface area contributed by atoms with Gasteiger partial charge in [-0.1, -0.05) is 30.3 Å². The van der Waals surface area contributed by atoms with Crippen LogP contribution in [0.4, 0.5) is 11.4 Å². The Morgan fingerprint density at radius 1 is 1.15 bits per heavy atom. The maximum atomic E-state index is 12.6. The van der Waals surface area contributed by atoms with Gasteiger partial charge in [-0.3, -0.25) is 14.5 Å². The first kappa shape index (κ1) is 17.2. The van der Waals surface area contributed by atoms with Gasteiger partial charge >= 0.3 is 5.97 Å². The average Bonchev–Trinajstić information content (AvgIpc) is 3.02. The lowest BCUT2D eigenvalue weighted by Gasteiger charge is -2.28. The molecule has 0 saturated carbocycles. The number of amides is 2. The van der Waals surface area contributed by atoms with Crippen LogP contribution in [-0.4, -0.2) is 30.9 Å². The maximum Gasteiger partial charge on any atom is 0.349 e. The Morgan fingerprint density at radius 2 is 1.89 bits per heavy atom. The van der Waals surface area contributed by atoms with Gasteiger partial charge < -0.3 is 10.1 Å². The van der Waals surface area contributed by atoms with Gasteiger partial charge in [-0.15, -0.1) is 11.3 Å². The van der Waals surface area contributed by atoms with Gasteiger partial charge in [-0.05, 0) is 36.1 Å². The zero-order chi connectivity index (χ0) is 19.0. The SMILES string of the molecule is Cc1c(C(=O)OCC(=O)N2CC(=O)Nc3ccccc32)sc2ccccc12. The minimum absolute atomic E-state index is 0.102. The zero-order valence-corrected chi connectivity index (χ0v) is 15.3. The molecule has 1 aliphatic rings. The third kappa shape index (κ3) is 3.17. The fourth-order valence-corrected chi connectivity index (χ4v) is 4.20. The van der Waals surface area contributed by atoms with Crippen LogP contribution in [0.25, 0.3) is 10.1 Å². The predicted molar refractivity (Wildman–Crippen MR) is 104 cm³/mol. The van der Waals surface area contributed by atoms with Crippen LogP contribution in [0, 0.1) is 6.92 Å². The summed E-state index contributed by atoms with van der Waals surface area (Å²) in [5, 5.41) is 3.72. The monoisotopic (exact) mass is 380 g/mol. The summed E-state index contributed by atoms with van der Waals surface area (Å²) in [5.41, 5.74) is 2.00. The number of hydrogen-bond donors (Lipinski definition) is 1. The van der Waals surface area contributed by atoms with Crippen LogP contribution >= 0.6 is 11.3 Å². The molecule has 0 saturated heterocycles. The van der Waals surface area contributed by atoms with Crippen LogP contribution in [0.15, 0.2) is 48.5 Å². The van der Waals surface area contributed by atoms with E-state index < -0.39 is 18.5 Å². The van der Waals surface area contributed by atoms with Crippen molar-refractivity contribution in [3.63, 3.8) is 0 Å². The Bertz CT molecular complexity index is 1070. The Morgan fingerprint density at radius 3 is 2.70 bits per heavy atom. The van der Waals surface area contributed by atoms with Gasteiger partial charge in [0.25, 0.3) is 5.91 Å². The molecule has 3 aromatic rings. The number of rotatable bonds is 3. The molecule has 2 aromatic carbocycles. The number of benzene rings is 2. The van der Waals surface area contributed by atoms with Crippen molar-refractivity contribution in [2.45, 2.75) is 6.92 Å². The van der Waals surface area contributed by atoms with Crippen LogP contribution in [0.1, 0.15) is 15.2 Å². The average molecular weight is 380 g/mol. The number of para-hydroxylation sites is 2. The molecule has 0 fully saturated rings. The minimum Gasteiger partial charge on any atom is -0.451 e. The third-order valence-electron chi connectivity index (χ3n) is 4.43. The summed E-state index contributed by atoms with van der Waals surface area (Å²) < 4.78 is 6.25. The standard InChI is InChI=1S/C20H16N2O4S/c1-12-13-6-2-5-9-16(13)27-19(12)20(25)26-11-18(24)22-10-17(23)21-14-7-3-4-8-15(14)22/h2-9H,10-11H2,1H3,(H,21,23). The normalized spacial score (nSPS) is 13.2. The highest BCUT2D eigenvalue weighted by atomic mass is 32.1. The molecule has 0 radical (unpaired) electrons. The molecule has 0 aliphatic carbocycles. The minimum atomic E-state index is -0.531. The van der Waals surface area contributed by atoms with E-state index in [1.807, 2.05) is 31.2 Å². The van der Waals surface area contributed by atoms with Gasteiger partial charge in [0.15, 0.2) is 6.61 Å². The number of aryl methyl sites for hydroxylation is 1. The first-order valence-electron chi connectivity index (χ1n) is 8.39. The number of fused-ring (bicyclic) bond motifs is 2. The first-order chi connectivity index (χ1) is 13.0. The summed E-state index contributed by atoms with van der Waals surface area (Å²) in [7, 11) is 0. The highest BCUT2D eigenvalue weighted by Gasteiger charge is 2.27. The fourth-order valence-electron chi connectivity index (χ4n) is 3.10. The molecule has 2 heterocycles. The number of esters is 1. The van der Waals surface area contributed by atoms with Crippen molar-refractivity contribution in [1.29, 1.82) is 0 Å².